The Morgan fingerprint density at radius 1 is 1.29 bits per heavy atom. The fraction of sp³-hybridized carbons (Fsp3) is 0.188. The lowest BCUT2D eigenvalue weighted by Gasteiger charge is -2.09. The Morgan fingerprint density at radius 3 is 2.79 bits per heavy atom. The maximum atomic E-state index is 12.4. The number of benzene rings is 1. The van der Waals surface area contributed by atoms with Gasteiger partial charge in [-0.1, -0.05) is 17.7 Å². The highest BCUT2D eigenvalue weighted by atomic mass is 35.5. The number of H-pyrrole nitrogens is 1. The summed E-state index contributed by atoms with van der Waals surface area (Å²) in [5, 5.41) is 3.57. The van der Waals surface area contributed by atoms with Gasteiger partial charge >= 0.3 is 5.69 Å². The summed E-state index contributed by atoms with van der Waals surface area (Å²) in [5.41, 5.74) is 0.297. The predicted molar refractivity (Wildman–Crippen MR) is 96.3 cm³/mol. The molecule has 0 aliphatic heterocycles. The lowest BCUT2D eigenvalue weighted by atomic mass is 10.2. The zero-order chi connectivity index (χ0) is 17.4. The fourth-order valence-electron chi connectivity index (χ4n) is 2.37. The van der Waals surface area contributed by atoms with Crippen molar-refractivity contribution >= 4 is 44.7 Å². The van der Waals surface area contributed by atoms with E-state index in [1.807, 2.05) is 13.8 Å². The number of hydrogen-bond acceptors (Lipinski definition) is 4. The minimum atomic E-state index is -0.604. The molecule has 0 aliphatic carbocycles. The molecule has 24 heavy (non-hydrogen) atoms. The molecule has 124 valence electrons. The van der Waals surface area contributed by atoms with E-state index in [0.717, 1.165) is 15.0 Å². The van der Waals surface area contributed by atoms with Gasteiger partial charge in [-0.05, 0) is 37.6 Å². The number of nitrogens with zero attached hydrogens (tertiary/aromatic N) is 1. The Labute approximate surface area is 145 Å². The number of aromatic amines is 1. The van der Waals surface area contributed by atoms with Crippen molar-refractivity contribution in [3.63, 3.8) is 0 Å². The molecular formula is C16H14ClN3O3S. The first-order valence-corrected chi connectivity index (χ1v) is 8.34. The van der Waals surface area contributed by atoms with E-state index in [-0.39, 0.29) is 6.54 Å². The number of nitrogens with one attached hydrogen (secondary N) is 2. The van der Waals surface area contributed by atoms with Gasteiger partial charge in [-0.25, -0.2) is 4.79 Å². The second-order valence-corrected chi connectivity index (χ2v) is 7.12. The van der Waals surface area contributed by atoms with Crippen molar-refractivity contribution < 1.29 is 4.79 Å². The van der Waals surface area contributed by atoms with Crippen molar-refractivity contribution in [3.05, 3.63) is 60.6 Å². The molecule has 3 aromatic rings. The van der Waals surface area contributed by atoms with Crippen LogP contribution in [0.4, 0.5) is 5.69 Å². The minimum absolute atomic E-state index is 0.370. The van der Waals surface area contributed by atoms with Crippen LogP contribution < -0.4 is 16.6 Å². The van der Waals surface area contributed by atoms with E-state index < -0.39 is 17.2 Å². The molecule has 0 spiro atoms. The highest BCUT2D eigenvalue weighted by molar-refractivity contribution is 7.18. The molecule has 3 rings (SSSR count). The van der Waals surface area contributed by atoms with E-state index >= 15 is 0 Å². The molecule has 1 amide bonds. The standard InChI is InChI=1S/C16H14ClN3O3S/c1-8-3-4-10(17)6-12(8)18-13(21)7-20-15(22)11-5-9(2)24-14(11)19-16(20)23/h3-6H,7H2,1-2H3,(H,18,21)(H,19,23). The predicted octanol–water partition coefficient (Wildman–Crippen LogP) is 2.66. The molecule has 0 saturated heterocycles. The monoisotopic (exact) mass is 363 g/mol. The summed E-state index contributed by atoms with van der Waals surface area (Å²) in [7, 11) is 0. The molecule has 6 nitrogen and oxygen atoms in total. The molecule has 8 heteroatoms. The van der Waals surface area contributed by atoms with Gasteiger partial charge in [0.15, 0.2) is 0 Å². The van der Waals surface area contributed by atoms with E-state index in [9.17, 15) is 14.4 Å². The van der Waals surface area contributed by atoms with E-state index in [2.05, 4.69) is 10.3 Å². The number of anilines is 1. The first-order valence-electron chi connectivity index (χ1n) is 7.14. The van der Waals surface area contributed by atoms with Gasteiger partial charge in [0.05, 0.1) is 5.39 Å². The average molecular weight is 364 g/mol. The van der Waals surface area contributed by atoms with Crippen molar-refractivity contribution in [3.8, 4) is 0 Å². The lowest BCUT2D eigenvalue weighted by Crippen LogP contribution is -2.38. The van der Waals surface area contributed by atoms with Crippen LogP contribution in [0.2, 0.25) is 5.02 Å². The van der Waals surface area contributed by atoms with Crippen LogP contribution in [0.15, 0.2) is 33.9 Å². The minimum Gasteiger partial charge on any atom is -0.324 e. The van der Waals surface area contributed by atoms with Gasteiger partial charge in [0.1, 0.15) is 11.4 Å². The summed E-state index contributed by atoms with van der Waals surface area (Å²) in [5.74, 6) is -0.473. The highest BCUT2D eigenvalue weighted by Gasteiger charge is 2.14. The van der Waals surface area contributed by atoms with Gasteiger partial charge in [0, 0.05) is 15.6 Å². The number of amides is 1. The number of fused-ring (bicyclic) bond motifs is 1. The van der Waals surface area contributed by atoms with Crippen LogP contribution in [0.5, 0.6) is 0 Å². The Kier molecular flexibility index (Phi) is 4.29. The molecule has 0 aliphatic rings. The molecule has 1 aromatic carbocycles. The number of thiophene rings is 1. The summed E-state index contributed by atoms with van der Waals surface area (Å²) in [6.07, 6.45) is 0. The van der Waals surface area contributed by atoms with E-state index in [0.29, 0.717) is 20.9 Å². The number of rotatable bonds is 3. The summed E-state index contributed by atoms with van der Waals surface area (Å²) in [6, 6.07) is 6.81. The van der Waals surface area contributed by atoms with Crippen LogP contribution in [-0.2, 0) is 11.3 Å². The quantitative estimate of drug-likeness (QED) is 0.750. The number of carbonyl (C=O) groups is 1. The Hall–Kier alpha value is -2.38. The topological polar surface area (TPSA) is 84.0 Å². The first-order chi connectivity index (χ1) is 11.3. The highest BCUT2D eigenvalue weighted by Crippen LogP contribution is 2.20. The van der Waals surface area contributed by atoms with Gasteiger partial charge in [-0.15, -0.1) is 11.3 Å². The maximum Gasteiger partial charge on any atom is 0.329 e. The Bertz CT molecular complexity index is 1060. The number of aromatic nitrogens is 2. The number of aryl methyl sites for hydroxylation is 2. The third-order valence-corrected chi connectivity index (χ3v) is 4.77. The average Bonchev–Trinajstić information content (AvgIpc) is 2.88. The number of carbonyl (C=O) groups excluding carboxylic acids is 1. The maximum absolute atomic E-state index is 12.4. The van der Waals surface area contributed by atoms with Crippen LogP contribution in [0.1, 0.15) is 10.4 Å². The molecule has 0 unspecified atom stereocenters. The van der Waals surface area contributed by atoms with E-state index in [1.165, 1.54) is 11.3 Å². The van der Waals surface area contributed by atoms with Crippen molar-refractivity contribution in [2.45, 2.75) is 20.4 Å². The Balaban J connectivity index is 1.92. The molecule has 0 radical (unpaired) electrons. The third kappa shape index (κ3) is 3.13. The van der Waals surface area contributed by atoms with Crippen LogP contribution in [-0.4, -0.2) is 15.5 Å². The molecule has 0 bridgehead atoms. The van der Waals surface area contributed by atoms with Crippen molar-refractivity contribution in [1.29, 1.82) is 0 Å². The molecule has 2 aromatic heterocycles. The summed E-state index contributed by atoms with van der Waals surface area (Å²) in [6.45, 7) is 3.30. The zero-order valence-corrected chi connectivity index (χ0v) is 14.5. The van der Waals surface area contributed by atoms with Gasteiger partial charge in [0.25, 0.3) is 5.56 Å². The number of halogens is 1. The summed E-state index contributed by atoms with van der Waals surface area (Å²) >= 11 is 7.25. The SMILES string of the molecule is Cc1cc2c(=O)n(CC(=O)Nc3cc(Cl)ccc3C)c(=O)[nH]c2s1. The van der Waals surface area contributed by atoms with Gasteiger partial charge < -0.3 is 5.32 Å². The molecule has 2 heterocycles. The molecular weight excluding hydrogens is 350 g/mol. The fourth-order valence-corrected chi connectivity index (χ4v) is 3.44. The van der Waals surface area contributed by atoms with Crippen LogP contribution in [0, 0.1) is 13.8 Å². The summed E-state index contributed by atoms with van der Waals surface area (Å²) < 4.78 is 0.893. The molecule has 0 saturated carbocycles. The van der Waals surface area contributed by atoms with Crippen molar-refractivity contribution in [2.24, 2.45) is 0 Å². The van der Waals surface area contributed by atoms with Crippen LogP contribution in [0.25, 0.3) is 10.2 Å². The smallest absolute Gasteiger partial charge is 0.324 e. The van der Waals surface area contributed by atoms with Crippen molar-refractivity contribution in [2.75, 3.05) is 5.32 Å². The number of hydrogen-bond donors (Lipinski definition) is 2. The van der Waals surface area contributed by atoms with Gasteiger partial charge in [-0.3, -0.25) is 19.1 Å². The first kappa shape index (κ1) is 16.5. The zero-order valence-electron chi connectivity index (χ0n) is 13.0. The van der Waals surface area contributed by atoms with Crippen LogP contribution >= 0.6 is 22.9 Å². The van der Waals surface area contributed by atoms with E-state index in [4.69, 9.17) is 11.6 Å². The van der Waals surface area contributed by atoms with Crippen molar-refractivity contribution in [1.82, 2.24) is 9.55 Å². The van der Waals surface area contributed by atoms with Gasteiger partial charge in [0.2, 0.25) is 5.91 Å². The molecule has 2 N–H and O–H groups in total. The molecule has 0 atom stereocenters. The largest absolute Gasteiger partial charge is 0.329 e. The second-order valence-electron chi connectivity index (χ2n) is 5.43. The third-order valence-electron chi connectivity index (χ3n) is 3.57. The lowest BCUT2D eigenvalue weighted by molar-refractivity contribution is -0.116. The normalized spacial score (nSPS) is 11.0. The Morgan fingerprint density at radius 2 is 2.04 bits per heavy atom. The second kappa shape index (κ2) is 6.26. The van der Waals surface area contributed by atoms with Crippen LogP contribution in [0.3, 0.4) is 0 Å². The molecule has 0 fully saturated rings. The van der Waals surface area contributed by atoms with E-state index in [1.54, 1.807) is 24.3 Å². The van der Waals surface area contributed by atoms with Gasteiger partial charge in [-0.2, -0.15) is 0 Å². The summed E-state index contributed by atoms with van der Waals surface area (Å²) in [4.78, 5) is 40.8.